The molecule has 2 atom stereocenters. The SMILES string of the molecule is CC(=O)N(NCc1cccc(F)c1F)[C@@H](CCCCN[C@@H](C(=O)O)C(C)C)COC(=O)Nc1cc2ccccc2cn1. The molecule has 12 heteroatoms. The van der Waals surface area contributed by atoms with Crippen molar-refractivity contribution in [1.82, 2.24) is 20.7 Å². The Morgan fingerprint density at radius 1 is 1.05 bits per heavy atom. The topological polar surface area (TPSA) is 133 Å². The van der Waals surface area contributed by atoms with Crippen LogP contribution in [0, 0.1) is 17.6 Å². The number of nitrogens with zero attached hydrogens (tertiary/aromatic N) is 2. The number of rotatable bonds is 15. The van der Waals surface area contributed by atoms with Gasteiger partial charge in [0, 0.05) is 30.6 Å². The maximum atomic E-state index is 14.2. The molecule has 0 aliphatic rings. The molecule has 3 rings (SSSR count). The number of benzene rings is 2. The Morgan fingerprint density at radius 2 is 1.79 bits per heavy atom. The minimum atomic E-state index is -1.02. The molecule has 0 saturated heterocycles. The van der Waals surface area contributed by atoms with Crippen LogP contribution in [0.15, 0.2) is 54.7 Å². The monoisotopic (exact) mass is 585 g/mol. The molecule has 10 nitrogen and oxygen atoms in total. The molecular weight excluding hydrogens is 548 g/mol. The molecule has 4 N–H and O–H groups in total. The molecule has 0 aliphatic heterocycles. The number of fused-ring (bicyclic) bond motifs is 1. The third-order valence-electron chi connectivity index (χ3n) is 6.70. The predicted octanol–water partition coefficient (Wildman–Crippen LogP) is 4.85. The van der Waals surface area contributed by atoms with Crippen molar-refractivity contribution < 1.29 is 33.0 Å². The zero-order chi connectivity index (χ0) is 30.6. The van der Waals surface area contributed by atoms with E-state index in [1.807, 2.05) is 38.1 Å². The number of carbonyl (C=O) groups excluding carboxylic acids is 2. The van der Waals surface area contributed by atoms with E-state index in [1.165, 1.54) is 24.1 Å². The van der Waals surface area contributed by atoms with Crippen LogP contribution in [0.5, 0.6) is 0 Å². The number of hydrazine groups is 1. The fraction of sp³-hybridized carbons (Fsp3) is 0.400. The van der Waals surface area contributed by atoms with Crippen molar-refractivity contribution in [1.29, 1.82) is 0 Å². The van der Waals surface area contributed by atoms with Gasteiger partial charge in [0.1, 0.15) is 18.5 Å². The van der Waals surface area contributed by atoms with Crippen molar-refractivity contribution in [3.63, 3.8) is 0 Å². The summed E-state index contributed by atoms with van der Waals surface area (Å²) in [5.74, 6) is -3.17. The van der Waals surface area contributed by atoms with Gasteiger partial charge in [0.2, 0.25) is 5.91 Å². The van der Waals surface area contributed by atoms with Crippen molar-refractivity contribution in [2.75, 3.05) is 18.5 Å². The van der Waals surface area contributed by atoms with Gasteiger partial charge in [-0.15, -0.1) is 0 Å². The highest BCUT2D eigenvalue weighted by Crippen LogP contribution is 2.17. The first-order valence-corrected chi connectivity index (χ1v) is 13.8. The highest BCUT2D eigenvalue weighted by atomic mass is 19.2. The molecule has 0 spiro atoms. The molecule has 1 aromatic heterocycles. The number of pyridine rings is 1. The van der Waals surface area contributed by atoms with Crippen molar-refractivity contribution in [3.05, 3.63) is 71.9 Å². The quantitative estimate of drug-likeness (QED) is 0.147. The van der Waals surface area contributed by atoms with E-state index in [2.05, 4.69) is 21.0 Å². The van der Waals surface area contributed by atoms with Crippen LogP contribution in [0.2, 0.25) is 0 Å². The fourth-order valence-corrected chi connectivity index (χ4v) is 4.47. The molecule has 0 aliphatic carbocycles. The maximum Gasteiger partial charge on any atom is 0.412 e. The van der Waals surface area contributed by atoms with Gasteiger partial charge in [0.15, 0.2) is 11.6 Å². The zero-order valence-corrected chi connectivity index (χ0v) is 23.9. The molecule has 1 heterocycles. The smallest absolute Gasteiger partial charge is 0.412 e. The van der Waals surface area contributed by atoms with E-state index in [0.717, 1.165) is 16.8 Å². The van der Waals surface area contributed by atoms with Gasteiger partial charge in [0.05, 0.1) is 6.04 Å². The van der Waals surface area contributed by atoms with E-state index < -0.39 is 41.7 Å². The minimum Gasteiger partial charge on any atom is -0.480 e. The van der Waals surface area contributed by atoms with E-state index in [4.69, 9.17) is 4.74 Å². The number of unbranched alkanes of at least 4 members (excludes halogenated alkanes) is 1. The number of anilines is 1. The summed E-state index contributed by atoms with van der Waals surface area (Å²) in [7, 11) is 0. The highest BCUT2D eigenvalue weighted by molar-refractivity contribution is 5.89. The van der Waals surface area contributed by atoms with Crippen LogP contribution in [-0.2, 0) is 20.9 Å². The van der Waals surface area contributed by atoms with Gasteiger partial charge in [-0.1, -0.05) is 50.2 Å². The molecule has 0 bridgehead atoms. The van der Waals surface area contributed by atoms with Crippen LogP contribution < -0.4 is 16.1 Å². The number of amides is 2. The Morgan fingerprint density at radius 3 is 2.48 bits per heavy atom. The van der Waals surface area contributed by atoms with Gasteiger partial charge in [-0.3, -0.25) is 19.9 Å². The normalized spacial score (nSPS) is 12.6. The Kier molecular flexibility index (Phi) is 12.1. The fourth-order valence-electron chi connectivity index (χ4n) is 4.47. The number of nitrogens with one attached hydrogen (secondary N) is 3. The Labute approximate surface area is 243 Å². The Bertz CT molecular complexity index is 1370. The lowest BCUT2D eigenvalue weighted by atomic mass is 10.0. The molecule has 0 fully saturated rings. The number of carboxylic acids is 1. The molecule has 2 aromatic carbocycles. The first-order chi connectivity index (χ1) is 20.1. The number of hydrogen-bond acceptors (Lipinski definition) is 7. The number of aliphatic carboxylic acids is 1. The van der Waals surface area contributed by atoms with Crippen molar-refractivity contribution in [3.8, 4) is 0 Å². The number of carboxylic acid groups (broad SMARTS) is 1. The first-order valence-electron chi connectivity index (χ1n) is 13.8. The van der Waals surface area contributed by atoms with Crippen molar-refractivity contribution in [2.45, 2.75) is 58.7 Å². The molecule has 226 valence electrons. The van der Waals surface area contributed by atoms with Crippen LogP contribution in [-0.4, -0.2) is 58.3 Å². The largest absolute Gasteiger partial charge is 0.480 e. The minimum absolute atomic E-state index is 0.0265. The second kappa shape index (κ2) is 15.7. The molecule has 0 saturated carbocycles. The molecular formula is C30H37F2N5O5. The zero-order valence-electron chi connectivity index (χ0n) is 23.9. The molecule has 0 radical (unpaired) electrons. The molecule has 42 heavy (non-hydrogen) atoms. The highest BCUT2D eigenvalue weighted by Gasteiger charge is 2.24. The van der Waals surface area contributed by atoms with E-state index in [9.17, 15) is 28.3 Å². The molecule has 3 aromatic rings. The average Bonchev–Trinajstić information content (AvgIpc) is 2.94. The van der Waals surface area contributed by atoms with Gasteiger partial charge < -0.3 is 15.2 Å². The molecule has 0 unspecified atom stereocenters. The summed E-state index contributed by atoms with van der Waals surface area (Å²) in [5, 5.41) is 18.0. The number of carbonyl (C=O) groups is 3. The van der Waals surface area contributed by atoms with Crippen LogP contribution in [0.25, 0.3) is 10.8 Å². The third kappa shape index (κ3) is 9.45. The van der Waals surface area contributed by atoms with Crippen LogP contribution in [0.3, 0.4) is 0 Å². The van der Waals surface area contributed by atoms with E-state index >= 15 is 0 Å². The summed E-state index contributed by atoms with van der Waals surface area (Å²) < 4.78 is 33.4. The number of halogens is 2. The second-order valence-corrected chi connectivity index (χ2v) is 10.2. The third-order valence-corrected chi connectivity index (χ3v) is 6.70. The van der Waals surface area contributed by atoms with Gasteiger partial charge >= 0.3 is 12.1 Å². The summed E-state index contributed by atoms with van der Waals surface area (Å²) in [5.41, 5.74) is 2.87. The number of ether oxygens (including phenoxy) is 1. The number of hydrogen-bond donors (Lipinski definition) is 4. The second-order valence-electron chi connectivity index (χ2n) is 10.2. The predicted molar refractivity (Wildman–Crippen MR) is 154 cm³/mol. The lowest BCUT2D eigenvalue weighted by Gasteiger charge is -2.31. The van der Waals surface area contributed by atoms with Crippen LogP contribution in [0.4, 0.5) is 19.4 Å². The number of aromatic nitrogens is 1. The summed E-state index contributed by atoms with van der Waals surface area (Å²) >= 11 is 0. The van der Waals surface area contributed by atoms with Crippen LogP contribution >= 0.6 is 0 Å². The van der Waals surface area contributed by atoms with Gasteiger partial charge in [-0.2, -0.15) is 0 Å². The lowest BCUT2D eigenvalue weighted by molar-refractivity contribution is -0.140. The Balaban J connectivity index is 1.65. The van der Waals surface area contributed by atoms with Crippen LogP contribution in [0.1, 0.15) is 45.6 Å². The van der Waals surface area contributed by atoms with Crippen molar-refractivity contribution in [2.24, 2.45) is 5.92 Å². The van der Waals surface area contributed by atoms with E-state index in [-0.39, 0.29) is 24.6 Å². The van der Waals surface area contributed by atoms with Gasteiger partial charge in [-0.25, -0.2) is 24.0 Å². The van der Waals surface area contributed by atoms with E-state index in [1.54, 1.807) is 12.3 Å². The maximum absolute atomic E-state index is 14.2. The summed E-state index contributed by atoms with van der Waals surface area (Å²) in [4.78, 5) is 40.9. The summed E-state index contributed by atoms with van der Waals surface area (Å²) in [6, 6.07) is 11.7. The lowest BCUT2D eigenvalue weighted by Crippen LogP contribution is -2.50. The first kappa shape index (κ1) is 32.4. The standard InChI is InChI=1S/C30H37F2N5O5/c1-19(2)28(29(39)40)33-14-7-6-12-24(37(20(3)38)35-17-23-11-8-13-25(31)27(23)32)18-42-30(41)36-26-15-21-9-4-5-10-22(21)16-34-26/h4-5,8-11,13,15-16,19,24,28,33,35H,6-7,12,14,17-18H2,1-3H3,(H,39,40)(H,34,36,41)/t24-,28+/m0/s1. The Hall–Kier alpha value is -4.16. The van der Waals surface area contributed by atoms with Gasteiger partial charge in [0.25, 0.3) is 0 Å². The molecule has 2 amide bonds. The summed E-state index contributed by atoms with van der Waals surface area (Å²) in [6.45, 7) is 4.99. The average molecular weight is 586 g/mol. The van der Waals surface area contributed by atoms with E-state index in [0.29, 0.717) is 31.6 Å². The van der Waals surface area contributed by atoms with Gasteiger partial charge in [-0.05, 0) is 49.2 Å². The summed E-state index contributed by atoms with van der Waals surface area (Å²) in [6.07, 6.45) is 2.37. The van der Waals surface area contributed by atoms with Crippen molar-refractivity contribution >= 4 is 34.6 Å².